The Morgan fingerprint density at radius 1 is 1.00 bits per heavy atom. The average molecular weight is 350 g/mol. The van der Waals surface area contributed by atoms with E-state index in [1.165, 1.54) is 7.11 Å². The van der Waals surface area contributed by atoms with Crippen molar-refractivity contribution < 1.29 is 19.1 Å². The van der Waals surface area contributed by atoms with Gasteiger partial charge in [0.2, 0.25) is 11.8 Å². The molecule has 1 aromatic rings. The van der Waals surface area contributed by atoms with Crippen LogP contribution in [-0.2, 0) is 9.59 Å². The van der Waals surface area contributed by atoms with Gasteiger partial charge in [0.25, 0.3) is 0 Å². The normalized spacial score (nSPS) is 25.8. The second-order valence-electron chi connectivity index (χ2n) is 6.04. The lowest BCUT2D eigenvalue weighted by molar-refractivity contribution is -0.129. The molecule has 8 heteroatoms. The number of ether oxygens (including phenoxy) is 2. The van der Waals surface area contributed by atoms with Crippen LogP contribution in [-0.4, -0.2) is 57.2 Å². The Morgan fingerprint density at radius 3 is 2.12 bits per heavy atom. The Kier molecular flexibility index (Phi) is 6.22. The maximum absolute atomic E-state index is 12.8. The molecule has 4 unspecified atom stereocenters. The first-order valence-electron chi connectivity index (χ1n) is 8.17. The summed E-state index contributed by atoms with van der Waals surface area (Å²) in [5.74, 6) is 0.530. The van der Waals surface area contributed by atoms with E-state index in [-0.39, 0.29) is 23.9 Å². The van der Waals surface area contributed by atoms with E-state index in [0.717, 1.165) is 0 Å². The van der Waals surface area contributed by atoms with Gasteiger partial charge >= 0.3 is 0 Å². The molecular formula is C17H26N4O4. The molecule has 25 heavy (non-hydrogen) atoms. The van der Waals surface area contributed by atoms with E-state index < -0.39 is 12.1 Å². The van der Waals surface area contributed by atoms with Crippen LogP contribution < -0.4 is 30.7 Å². The second kappa shape index (κ2) is 8.17. The fraction of sp³-hybridized carbons (Fsp3) is 0.529. The maximum Gasteiger partial charge on any atom is 0.243 e. The van der Waals surface area contributed by atoms with Crippen molar-refractivity contribution >= 4 is 17.5 Å². The van der Waals surface area contributed by atoms with Gasteiger partial charge in [-0.1, -0.05) is 0 Å². The Hall–Kier alpha value is -2.32. The lowest BCUT2D eigenvalue weighted by Gasteiger charge is -2.39. The SMILES string of the molecule is CNC(=O)C1NC(C)C(C)NC1C(=O)Nc1cc(OC)ccc1OC. The largest absolute Gasteiger partial charge is 0.497 e. The fourth-order valence-corrected chi connectivity index (χ4v) is 2.78. The summed E-state index contributed by atoms with van der Waals surface area (Å²) in [5, 5.41) is 11.8. The number of nitrogens with one attached hydrogen (secondary N) is 4. The first-order valence-corrected chi connectivity index (χ1v) is 8.17. The summed E-state index contributed by atoms with van der Waals surface area (Å²) in [6.07, 6.45) is 0. The monoisotopic (exact) mass is 350 g/mol. The Morgan fingerprint density at radius 2 is 1.60 bits per heavy atom. The zero-order chi connectivity index (χ0) is 18.6. The predicted molar refractivity (Wildman–Crippen MR) is 95.0 cm³/mol. The van der Waals surface area contributed by atoms with Gasteiger partial charge in [0.15, 0.2) is 0 Å². The fourth-order valence-electron chi connectivity index (χ4n) is 2.78. The minimum atomic E-state index is -0.720. The Labute approximate surface area is 147 Å². The lowest BCUT2D eigenvalue weighted by atomic mass is 9.97. The quantitative estimate of drug-likeness (QED) is 0.601. The molecule has 2 rings (SSSR count). The van der Waals surface area contributed by atoms with E-state index in [1.807, 2.05) is 13.8 Å². The Balaban J connectivity index is 2.24. The standard InChI is InChI=1S/C17H26N4O4/c1-9-10(2)20-15(14(19-9)16(22)18-3)17(23)21-12-8-11(24-4)6-7-13(12)25-5/h6-10,14-15,19-20H,1-5H3,(H,18,22)(H,21,23). The molecule has 0 spiro atoms. The van der Waals surface area contributed by atoms with E-state index >= 15 is 0 Å². The number of carbonyl (C=O) groups excluding carboxylic acids is 2. The van der Waals surface area contributed by atoms with Crippen LogP contribution in [0.3, 0.4) is 0 Å². The third kappa shape index (κ3) is 4.21. The molecule has 0 aliphatic carbocycles. The van der Waals surface area contributed by atoms with Gasteiger partial charge < -0.3 is 30.7 Å². The number of hydrogen-bond donors (Lipinski definition) is 4. The summed E-state index contributed by atoms with van der Waals surface area (Å²) >= 11 is 0. The maximum atomic E-state index is 12.8. The van der Waals surface area contributed by atoms with Gasteiger partial charge in [-0.25, -0.2) is 0 Å². The number of anilines is 1. The number of likely N-dealkylation sites (N-methyl/N-ethyl adjacent to an activating group) is 1. The molecule has 0 bridgehead atoms. The number of rotatable bonds is 5. The number of piperazine rings is 1. The minimum Gasteiger partial charge on any atom is -0.497 e. The summed E-state index contributed by atoms with van der Waals surface area (Å²) in [5.41, 5.74) is 0.482. The highest BCUT2D eigenvalue weighted by Gasteiger charge is 2.40. The molecule has 8 nitrogen and oxygen atoms in total. The van der Waals surface area contributed by atoms with Crippen LogP contribution in [0.4, 0.5) is 5.69 Å². The van der Waals surface area contributed by atoms with Gasteiger partial charge in [0.05, 0.1) is 19.9 Å². The van der Waals surface area contributed by atoms with Crippen LogP contribution in [0.2, 0.25) is 0 Å². The summed E-state index contributed by atoms with van der Waals surface area (Å²) in [6, 6.07) is 3.82. The molecule has 1 aromatic carbocycles. The zero-order valence-corrected chi connectivity index (χ0v) is 15.2. The Bertz CT molecular complexity index is 637. The van der Waals surface area contributed by atoms with Crippen molar-refractivity contribution in [2.75, 3.05) is 26.6 Å². The van der Waals surface area contributed by atoms with Crippen molar-refractivity contribution in [3.05, 3.63) is 18.2 Å². The highest BCUT2D eigenvalue weighted by atomic mass is 16.5. The molecule has 1 fully saturated rings. The van der Waals surface area contributed by atoms with E-state index in [0.29, 0.717) is 17.2 Å². The predicted octanol–water partition coefficient (Wildman–Crippen LogP) is 0.0953. The number of amides is 2. The van der Waals surface area contributed by atoms with Crippen molar-refractivity contribution in [1.82, 2.24) is 16.0 Å². The van der Waals surface area contributed by atoms with Crippen molar-refractivity contribution in [2.45, 2.75) is 38.0 Å². The molecule has 138 valence electrons. The topological polar surface area (TPSA) is 101 Å². The van der Waals surface area contributed by atoms with E-state index in [9.17, 15) is 9.59 Å². The minimum absolute atomic E-state index is 0.0314. The van der Waals surface area contributed by atoms with Gasteiger partial charge in [-0.2, -0.15) is 0 Å². The molecule has 1 heterocycles. The molecule has 1 aliphatic heterocycles. The zero-order valence-electron chi connectivity index (χ0n) is 15.2. The molecule has 4 N–H and O–H groups in total. The van der Waals surface area contributed by atoms with E-state index in [1.54, 1.807) is 32.4 Å². The first kappa shape index (κ1) is 19.0. The van der Waals surface area contributed by atoms with Crippen molar-refractivity contribution in [1.29, 1.82) is 0 Å². The van der Waals surface area contributed by atoms with Gasteiger partial charge in [0.1, 0.15) is 23.6 Å². The van der Waals surface area contributed by atoms with Crippen LogP contribution in [0.1, 0.15) is 13.8 Å². The van der Waals surface area contributed by atoms with Gasteiger partial charge in [0, 0.05) is 25.2 Å². The molecule has 0 aromatic heterocycles. The van der Waals surface area contributed by atoms with Crippen LogP contribution in [0, 0.1) is 0 Å². The third-order valence-electron chi connectivity index (χ3n) is 4.44. The van der Waals surface area contributed by atoms with Crippen LogP contribution in [0.5, 0.6) is 11.5 Å². The lowest BCUT2D eigenvalue weighted by Crippen LogP contribution is -2.70. The summed E-state index contributed by atoms with van der Waals surface area (Å²) in [7, 11) is 4.62. The molecule has 4 atom stereocenters. The van der Waals surface area contributed by atoms with Crippen LogP contribution >= 0.6 is 0 Å². The molecule has 0 saturated carbocycles. The number of benzene rings is 1. The molecule has 0 radical (unpaired) electrons. The second-order valence-corrected chi connectivity index (χ2v) is 6.04. The van der Waals surface area contributed by atoms with Crippen molar-refractivity contribution in [3.63, 3.8) is 0 Å². The van der Waals surface area contributed by atoms with Gasteiger partial charge in [-0.05, 0) is 26.0 Å². The summed E-state index contributed by atoms with van der Waals surface area (Å²) in [4.78, 5) is 25.0. The molecule has 1 saturated heterocycles. The molecule has 1 aliphatic rings. The number of methoxy groups -OCH3 is 2. The number of carbonyl (C=O) groups is 2. The van der Waals surface area contributed by atoms with E-state index in [2.05, 4.69) is 21.3 Å². The van der Waals surface area contributed by atoms with E-state index in [4.69, 9.17) is 9.47 Å². The average Bonchev–Trinajstić information content (AvgIpc) is 2.62. The molecular weight excluding hydrogens is 324 g/mol. The summed E-state index contributed by atoms with van der Waals surface area (Å²) < 4.78 is 10.5. The van der Waals surface area contributed by atoms with Crippen LogP contribution in [0.15, 0.2) is 18.2 Å². The van der Waals surface area contributed by atoms with Crippen molar-refractivity contribution in [2.24, 2.45) is 0 Å². The van der Waals surface area contributed by atoms with Gasteiger partial charge in [-0.15, -0.1) is 0 Å². The third-order valence-corrected chi connectivity index (χ3v) is 4.44. The van der Waals surface area contributed by atoms with Crippen molar-refractivity contribution in [3.8, 4) is 11.5 Å². The highest BCUT2D eigenvalue weighted by molar-refractivity contribution is 6.01. The smallest absolute Gasteiger partial charge is 0.243 e. The summed E-state index contributed by atoms with van der Waals surface area (Å²) in [6.45, 7) is 3.93. The highest BCUT2D eigenvalue weighted by Crippen LogP contribution is 2.29. The number of hydrogen-bond acceptors (Lipinski definition) is 6. The van der Waals surface area contributed by atoms with Crippen LogP contribution in [0.25, 0.3) is 0 Å². The first-order chi connectivity index (χ1) is 11.9. The van der Waals surface area contributed by atoms with Gasteiger partial charge in [-0.3, -0.25) is 9.59 Å². The molecule has 2 amide bonds.